The first kappa shape index (κ1) is 25.5. The third-order valence-corrected chi connectivity index (χ3v) is 4.89. The summed E-state index contributed by atoms with van der Waals surface area (Å²) in [5, 5.41) is 32.5. The number of aromatic nitrogens is 2. The smallest absolute Gasteiger partial charge is 0.335 e. The summed E-state index contributed by atoms with van der Waals surface area (Å²) in [6.45, 7) is 4.13. The summed E-state index contributed by atoms with van der Waals surface area (Å²) in [6, 6.07) is 12.5. The van der Waals surface area contributed by atoms with Crippen molar-refractivity contribution < 1.29 is 39.2 Å². The molecule has 2 aromatic heterocycles. The molecule has 5 N–H and O–H groups in total. The number of aliphatic hydroxyl groups excluding tert-OH is 2. The number of aliphatic carboxylic acids is 2. The lowest BCUT2D eigenvalue weighted by atomic mass is 10.1. The summed E-state index contributed by atoms with van der Waals surface area (Å²) in [6.07, 6.45) is -2.10. The molecule has 10 heteroatoms. The highest BCUT2D eigenvalue weighted by molar-refractivity contribution is 5.83. The second-order valence-corrected chi connectivity index (χ2v) is 7.81. The van der Waals surface area contributed by atoms with Gasteiger partial charge in [0.1, 0.15) is 0 Å². The lowest BCUT2D eigenvalue weighted by Gasteiger charge is -2.09. The number of nitrogens with zero attached hydrogens (tertiary/aromatic N) is 2. The quantitative estimate of drug-likeness (QED) is 0.338. The molecular weight excluding hydrogens is 430 g/mol. The minimum atomic E-state index is -2.27. The van der Waals surface area contributed by atoms with Crippen LogP contribution >= 0.6 is 0 Å². The number of fused-ring (bicyclic) bond motifs is 1. The van der Waals surface area contributed by atoms with Crippen LogP contribution in [-0.4, -0.2) is 74.5 Å². The minimum Gasteiger partial charge on any atom is -0.479 e. The molecule has 0 saturated carbocycles. The number of hydrogen-bond acceptors (Lipinski definition) is 5. The van der Waals surface area contributed by atoms with Gasteiger partial charge in [0.25, 0.3) is 5.65 Å². The number of pyridine rings is 1. The van der Waals surface area contributed by atoms with Gasteiger partial charge in [-0.3, -0.25) is 4.79 Å². The Balaban J connectivity index is 0.000000328. The topological polar surface area (TPSA) is 155 Å². The Kier molecular flexibility index (Phi) is 8.27. The second-order valence-electron chi connectivity index (χ2n) is 7.81. The van der Waals surface area contributed by atoms with Gasteiger partial charge in [0, 0.05) is 25.7 Å². The summed E-state index contributed by atoms with van der Waals surface area (Å²) >= 11 is 0. The third kappa shape index (κ3) is 6.37. The third-order valence-electron chi connectivity index (χ3n) is 4.89. The Hall–Kier alpha value is -3.76. The maximum Gasteiger partial charge on any atom is 0.335 e. The fraction of sp³-hybridized carbons (Fsp3) is 0.304. The molecule has 0 bridgehead atoms. The molecule has 176 valence electrons. The van der Waals surface area contributed by atoms with Crippen LogP contribution in [0.15, 0.2) is 42.6 Å². The number of aliphatic hydroxyl groups is 2. The van der Waals surface area contributed by atoms with Gasteiger partial charge in [-0.2, -0.15) is 4.40 Å². The number of carboxylic acid groups (broad SMARTS) is 2. The highest BCUT2D eigenvalue weighted by Crippen LogP contribution is 2.22. The zero-order chi connectivity index (χ0) is 24.9. The molecule has 0 fully saturated rings. The number of hydrogen-bond donors (Lipinski definition) is 5. The van der Waals surface area contributed by atoms with E-state index in [0.29, 0.717) is 6.42 Å². The lowest BCUT2D eigenvalue weighted by Crippen LogP contribution is -2.39. The van der Waals surface area contributed by atoms with Crippen molar-refractivity contribution in [2.75, 3.05) is 14.1 Å². The van der Waals surface area contributed by atoms with Crippen LogP contribution in [0.3, 0.4) is 0 Å². The molecule has 33 heavy (non-hydrogen) atoms. The predicted octanol–water partition coefficient (Wildman–Crippen LogP) is 0.545. The summed E-state index contributed by atoms with van der Waals surface area (Å²) in [5.41, 5.74) is 6.47. The predicted molar refractivity (Wildman–Crippen MR) is 119 cm³/mol. The zero-order valence-electron chi connectivity index (χ0n) is 18.8. The van der Waals surface area contributed by atoms with Gasteiger partial charge in [0.05, 0.1) is 12.6 Å². The van der Waals surface area contributed by atoms with E-state index in [1.54, 1.807) is 19.0 Å². The number of aryl methyl sites for hydroxylation is 2. The van der Waals surface area contributed by atoms with Crippen LogP contribution in [0.2, 0.25) is 0 Å². The van der Waals surface area contributed by atoms with Crippen molar-refractivity contribution in [3.63, 3.8) is 0 Å². The number of rotatable bonds is 6. The number of benzene rings is 1. The van der Waals surface area contributed by atoms with Gasteiger partial charge in [0.2, 0.25) is 5.91 Å². The van der Waals surface area contributed by atoms with E-state index in [9.17, 15) is 14.4 Å². The summed E-state index contributed by atoms with van der Waals surface area (Å²) in [7, 11) is 3.58. The molecule has 0 aliphatic rings. The maximum absolute atomic E-state index is 12.3. The Morgan fingerprint density at radius 3 is 1.91 bits per heavy atom. The first-order chi connectivity index (χ1) is 15.4. The van der Waals surface area contributed by atoms with Gasteiger partial charge in [-0.15, -0.1) is 0 Å². The molecule has 2 unspecified atom stereocenters. The molecule has 10 nitrogen and oxygen atoms in total. The number of likely N-dealkylation sites (N-methyl/N-ethyl adjacent to an activating group) is 1. The summed E-state index contributed by atoms with van der Waals surface area (Å²) < 4.78 is 2.09. The standard InChI is InChI=1S/C19H21N3O.C4H6O6/c1-13-5-8-15(9-6-13)19-16(11-18(23)21(3)4)22-12-14(2)7-10-17(22)20-19;5-1(3(7)8)2(6)4(9)10/h5-10,12H,11H2,1-4H3;1-2,5-6H,(H,7,8)(H,9,10)/p+1. The molecule has 3 aromatic rings. The second kappa shape index (κ2) is 10.7. The van der Waals surface area contributed by atoms with Crippen LogP contribution in [0.4, 0.5) is 0 Å². The van der Waals surface area contributed by atoms with Crippen molar-refractivity contribution in [2.24, 2.45) is 0 Å². The highest BCUT2D eigenvalue weighted by atomic mass is 16.4. The Bertz CT molecular complexity index is 1130. The molecule has 0 saturated heterocycles. The number of carboxylic acids is 2. The van der Waals surface area contributed by atoms with Gasteiger partial charge >= 0.3 is 11.9 Å². The van der Waals surface area contributed by atoms with Gasteiger partial charge < -0.3 is 25.3 Å². The van der Waals surface area contributed by atoms with Gasteiger partial charge in [-0.05, 0) is 25.5 Å². The average molecular weight is 458 g/mol. The molecular formula is C23H28N3O7+. The van der Waals surface area contributed by atoms with Crippen molar-refractivity contribution in [3.8, 4) is 11.3 Å². The molecule has 1 amide bonds. The normalized spacial score (nSPS) is 12.4. The lowest BCUT2D eigenvalue weighted by molar-refractivity contribution is -0.518. The van der Waals surface area contributed by atoms with Crippen molar-refractivity contribution in [1.82, 2.24) is 9.88 Å². The van der Waals surface area contributed by atoms with Crippen molar-refractivity contribution in [1.29, 1.82) is 0 Å². The molecule has 1 aromatic carbocycles. The Morgan fingerprint density at radius 2 is 1.42 bits per heavy atom. The largest absolute Gasteiger partial charge is 0.479 e. The van der Waals surface area contributed by atoms with Crippen LogP contribution in [0.5, 0.6) is 0 Å². The monoisotopic (exact) mass is 458 g/mol. The van der Waals surface area contributed by atoms with Crippen LogP contribution in [-0.2, 0) is 20.8 Å². The molecule has 2 heterocycles. The van der Waals surface area contributed by atoms with E-state index in [-0.39, 0.29) is 5.91 Å². The fourth-order valence-corrected chi connectivity index (χ4v) is 2.96. The van der Waals surface area contributed by atoms with Gasteiger partial charge in [0.15, 0.2) is 23.6 Å². The Morgan fingerprint density at radius 1 is 0.909 bits per heavy atom. The first-order valence-corrected chi connectivity index (χ1v) is 10.0. The summed E-state index contributed by atoms with van der Waals surface area (Å²) in [4.78, 5) is 36.9. The van der Waals surface area contributed by atoms with E-state index >= 15 is 0 Å². The Labute approximate surface area is 190 Å². The van der Waals surface area contributed by atoms with E-state index in [0.717, 1.165) is 28.2 Å². The van der Waals surface area contributed by atoms with Crippen molar-refractivity contribution in [3.05, 3.63) is 59.4 Å². The molecule has 0 spiro atoms. The SMILES string of the molecule is Cc1ccc(-c2[nH]c3ccc(C)c[n+]3c2CC(=O)N(C)C)cc1.O=C(O)C(O)C(O)C(=O)O. The van der Waals surface area contributed by atoms with E-state index in [4.69, 9.17) is 20.4 Å². The van der Waals surface area contributed by atoms with E-state index < -0.39 is 24.1 Å². The first-order valence-electron chi connectivity index (χ1n) is 10.0. The number of carbonyl (C=O) groups is 3. The number of H-pyrrole nitrogens is 1. The van der Waals surface area contributed by atoms with Crippen LogP contribution in [0.25, 0.3) is 16.9 Å². The maximum atomic E-state index is 12.3. The fourth-order valence-electron chi connectivity index (χ4n) is 2.96. The number of aromatic amines is 1. The average Bonchev–Trinajstić information content (AvgIpc) is 3.10. The number of imidazole rings is 1. The van der Waals surface area contributed by atoms with Crippen LogP contribution in [0.1, 0.15) is 16.8 Å². The zero-order valence-corrected chi connectivity index (χ0v) is 18.8. The van der Waals surface area contributed by atoms with Crippen molar-refractivity contribution in [2.45, 2.75) is 32.5 Å². The van der Waals surface area contributed by atoms with Gasteiger partial charge in [-0.1, -0.05) is 29.8 Å². The van der Waals surface area contributed by atoms with Crippen molar-refractivity contribution >= 4 is 23.5 Å². The van der Waals surface area contributed by atoms with Crippen LogP contribution in [0, 0.1) is 13.8 Å². The number of amides is 1. The molecule has 0 aliphatic carbocycles. The van der Waals surface area contributed by atoms with Gasteiger partial charge in [-0.25, -0.2) is 14.6 Å². The molecule has 2 atom stereocenters. The molecule has 0 aliphatic heterocycles. The number of carbonyl (C=O) groups excluding carboxylic acids is 1. The van der Waals surface area contributed by atoms with E-state index in [2.05, 4.69) is 65.8 Å². The minimum absolute atomic E-state index is 0.0910. The molecule has 3 rings (SSSR count). The van der Waals surface area contributed by atoms with E-state index in [1.165, 1.54) is 5.56 Å². The summed E-state index contributed by atoms with van der Waals surface area (Å²) in [5.74, 6) is -3.45. The van der Waals surface area contributed by atoms with E-state index in [1.807, 2.05) is 0 Å². The number of nitrogens with one attached hydrogen (secondary N) is 1. The molecule has 0 radical (unpaired) electrons. The van der Waals surface area contributed by atoms with Crippen LogP contribution < -0.4 is 4.40 Å². The highest BCUT2D eigenvalue weighted by Gasteiger charge is 2.29.